The molecule has 5 heteroatoms. The maximum Gasteiger partial charge on any atom is 0.253 e. The molecule has 0 atom stereocenters. The summed E-state index contributed by atoms with van der Waals surface area (Å²) in [6.07, 6.45) is 1.57. The molecule has 20 heavy (non-hydrogen) atoms. The Kier molecular flexibility index (Phi) is 4.65. The molecule has 0 aromatic carbocycles. The standard InChI is InChI=1S/C15H18N4O/c1-3-16-14-8-7-12(9-17-14)15(20)18-10-13-6-4-5-11(2)19-13/h4-9H,3,10H2,1-2H3,(H,16,17)(H,18,20). The van der Waals surface area contributed by atoms with Gasteiger partial charge in [0.25, 0.3) is 5.91 Å². The monoisotopic (exact) mass is 270 g/mol. The first kappa shape index (κ1) is 14.0. The molecule has 0 spiro atoms. The number of rotatable bonds is 5. The Labute approximate surface area is 118 Å². The van der Waals surface area contributed by atoms with Crippen LogP contribution < -0.4 is 10.6 Å². The van der Waals surface area contributed by atoms with Crippen LogP contribution in [-0.2, 0) is 6.54 Å². The fourth-order valence-electron chi connectivity index (χ4n) is 1.78. The number of anilines is 1. The summed E-state index contributed by atoms with van der Waals surface area (Å²) in [5.41, 5.74) is 2.32. The smallest absolute Gasteiger partial charge is 0.253 e. The Morgan fingerprint density at radius 3 is 2.75 bits per heavy atom. The number of nitrogens with one attached hydrogen (secondary N) is 2. The Hall–Kier alpha value is -2.43. The van der Waals surface area contributed by atoms with Gasteiger partial charge < -0.3 is 10.6 Å². The van der Waals surface area contributed by atoms with Crippen molar-refractivity contribution in [2.75, 3.05) is 11.9 Å². The van der Waals surface area contributed by atoms with Gasteiger partial charge in [0.05, 0.1) is 17.8 Å². The van der Waals surface area contributed by atoms with Gasteiger partial charge >= 0.3 is 0 Å². The second kappa shape index (κ2) is 6.65. The molecule has 0 unspecified atom stereocenters. The second-order valence-corrected chi connectivity index (χ2v) is 4.42. The molecule has 2 N–H and O–H groups in total. The van der Waals surface area contributed by atoms with Crippen LogP contribution in [0.4, 0.5) is 5.82 Å². The summed E-state index contributed by atoms with van der Waals surface area (Å²) in [6.45, 7) is 5.14. The summed E-state index contributed by atoms with van der Waals surface area (Å²) in [4.78, 5) is 20.5. The van der Waals surface area contributed by atoms with Gasteiger partial charge in [0, 0.05) is 18.4 Å². The third-order valence-electron chi connectivity index (χ3n) is 2.76. The minimum absolute atomic E-state index is 0.149. The number of carbonyl (C=O) groups is 1. The van der Waals surface area contributed by atoms with E-state index in [1.807, 2.05) is 32.0 Å². The largest absolute Gasteiger partial charge is 0.370 e. The number of nitrogens with zero attached hydrogens (tertiary/aromatic N) is 2. The molecule has 0 bridgehead atoms. The molecule has 2 aromatic heterocycles. The van der Waals surface area contributed by atoms with E-state index >= 15 is 0 Å². The molecule has 104 valence electrons. The van der Waals surface area contributed by atoms with Gasteiger partial charge in [-0.2, -0.15) is 0 Å². The van der Waals surface area contributed by atoms with Crippen molar-refractivity contribution in [2.45, 2.75) is 20.4 Å². The SMILES string of the molecule is CCNc1ccc(C(=O)NCc2cccc(C)n2)cn1. The number of pyridine rings is 2. The molecule has 2 rings (SSSR count). The third kappa shape index (κ3) is 3.78. The van der Waals surface area contributed by atoms with E-state index in [1.165, 1.54) is 0 Å². The van der Waals surface area contributed by atoms with Gasteiger partial charge in [0.2, 0.25) is 0 Å². The van der Waals surface area contributed by atoms with Crippen molar-refractivity contribution in [1.82, 2.24) is 15.3 Å². The van der Waals surface area contributed by atoms with Crippen molar-refractivity contribution in [1.29, 1.82) is 0 Å². The van der Waals surface area contributed by atoms with E-state index in [-0.39, 0.29) is 5.91 Å². The van der Waals surface area contributed by atoms with Gasteiger partial charge in [-0.3, -0.25) is 9.78 Å². The zero-order valence-corrected chi connectivity index (χ0v) is 11.7. The molecule has 0 saturated carbocycles. The molecule has 2 heterocycles. The maximum absolute atomic E-state index is 12.0. The van der Waals surface area contributed by atoms with E-state index in [4.69, 9.17) is 0 Å². The van der Waals surface area contributed by atoms with Crippen LogP contribution >= 0.6 is 0 Å². The van der Waals surface area contributed by atoms with Crippen LogP contribution in [0.3, 0.4) is 0 Å². The van der Waals surface area contributed by atoms with Crippen molar-refractivity contribution in [2.24, 2.45) is 0 Å². The quantitative estimate of drug-likeness (QED) is 0.873. The van der Waals surface area contributed by atoms with E-state index < -0.39 is 0 Å². The zero-order valence-electron chi connectivity index (χ0n) is 11.7. The lowest BCUT2D eigenvalue weighted by Gasteiger charge is -2.06. The fourth-order valence-corrected chi connectivity index (χ4v) is 1.78. The van der Waals surface area contributed by atoms with Gasteiger partial charge in [-0.25, -0.2) is 4.98 Å². The van der Waals surface area contributed by atoms with Crippen molar-refractivity contribution in [3.05, 3.63) is 53.5 Å². The fraction of sp³-hybridized carbons (Fsp3) is 0.267. The second-order valence-electron chi connectivity index (χ2n) is 4.42. The van der Waals surface area contributed by atoms with Crippen LogP contribution in [0.25, 0.3) is 0 Å². The summed E-state index contributed by atoms with van der Waals surface area (Å²) in [6, 6.07) is 9.29. The van der Waals surface area contributed by atoms with Crippen LogP contribution in [0.15, 0.2) is 36.5 Å². The number of amides is 1. The minimum atomic E-state index is -0.149. The van der Waals surface area contributed by atoms with E-state index in [9.17, 15) is 4.79 Å². The highest BCUT2D eigenvalue weighted by molar-refractivity contribution is 5.93. The molecular weight excluding hydrogens is 252 g/mol. The van der Waals surface area contributed by atoms with Gasteiger partial charge in [0.1, 0.15) is 5.82 Å². The topological polar surface area (TPSA) is 66.9 Å². The predicted molar refractivity (Wildman–Crippen MR) is 78.5 cm³/mol. The minimum Gasteiger partial charge on any atom is -0.370 e. The van der Waals surface area contributed by atoms with Crippen molar-refractivity contribution >= 4 is 11.7 Å². The Morgan fingerprint density at radius 2 is 2.10 bits per heavy atom. The number of aryl methyl sites for hydroxylation is 1. The number of carbonyl (C=O) groups excluding carboxylic acids is 1. The average molecular weight is 270 g/mol. The molecule has 0 saturated heterocycles. The van der Waals surface area contributed by atoms with Crippen LogP contribution in [0.1, 0.15) is 28.7 Å². The molecule has 0 fully saturated rings. The lowest BCUT2D eigenvalue weighted by molar-refractivity contribution is 0.0950. The zero-order chi connectivity index (χ0) is 14.4. The van der Waals surface area contributed by atoms with Crippen molar-refractivity contribution in [3.8, 4) is 0 Å². The van der Waals surface area contributed by atoms with Gasteiger partial charge in [-0.05, 0) is 38.1 Å². The van der Waals surface area contributed by atoms with E-state index in [1.54, 1.807) is 18.3 Å². The van der Waals surface area contributed by atoms with Gasteiger partial charge in [-0.1, -0.05) is 6.07 Å². The van der Waals surface area contributed by atoms with Gasteiger partial charge in [-0.15, -0.1) is 0 Å². The highest BCUT2D eigenvalue weighted by atomic mass is 16.1. The molecule has 0 radical (unpaired) electrons. The van der Waals surface area contributed by atoms with E-state index in [0.717, 1.165) is 23.8 Å². The molecule has 0 aliphatic rings. The summed E-state index contributed by atoms with van der Waals surface area (Å²) < 4.78 is 0. The lowest BCUT2D eigenvalue weighted by Crippen LogP contribution is -2.23. The first-order valence-electron chi connectivity index (χ1n) is 6.59. The molecular formula is C15H18N4O. The first-order valence-corrected chi connectivity index (χ1v) is 6.59. The maximum atomic E-state index is 12.0. The highest BCUT2D eigenvalue weighted by Crippen LogP contribution is 2.05. The van der Waals surface area contributed by atoms with Crippen LogP contribution in [0.2, 0.25) is 0 Å². The van der Waals surface area contributed by atoms with Crippen molar-refractivity contribution < 1.29 is 4.79 Å². The molecule has 1 amide bonds. The Bertz CT molecular complexity index is 581. The molecule has 2 aromatic rings. The lowest BCUT2D eigenvalue weighted by atomic mass is 10.2. The summed E-state index contributed by atoms with van der Waals surface area (Å²) in [5, 5.41) is 5.92. The van der Waals surface area contributed by atoms with Crippen LogP contribution in [0, 0.1) is 6.92 Å². The Balaban J connectivity index is 1.94. The highest BCUT2D eigenvalue weighted by Gasteiger charge is 2.06. The predicted octanol–water partition coefficient (Wildman–Crippen LogP) is 2.15. The normalized spacial score (nSPS) is 10.1. The molecule has 5 nitrogen and oxygen atoms in total. The number of hydrogen-bond acceptors (Lipinski definition) is 4. The summed E-state index contributed by atoms with van der Waals surface area (Å²) >= 11 is 0. The van der Waals surface area contributed by atoms with Crippen LogP contribution in [-0.4, -0.2) is 22.4 Å². The number of aromatic nitrogens is 2. The van der Waals surface area contributed by atoms with Gasteiger partial charge in [0.15, 0.2) is 0 Å². The summed E-state index contributed by atoms with van der Waals surface area (Å²) in [7, 11) is 0. The number of hydrogen-bond donors (Lipinski definition) is 2. The Morgan fingerprint density at radius 1 is 1.25 bits per heavy atom. The molecule has 0 aliphatic carbocycles. The van der Waals surface area contributed by atoms with E-state index in [0.29, 0.717) is 12.1 Å². The average Bonchev–Trinajstić information content (AvgIpc) is 2.46. The van der Waals surface area contributed by atoms with Crippen molar-refractivity contribution in [3.63, 3.8) is 0 Å². The van der Waals surface area contributed by atoms with E-state index in [2.05, 4.69) is 20.6 Å². The first-order chi connectivity index (χ1) is 9.69. The third-order valence-corrected chi connectivity index (χ3v) is 2.76. The summed E-state index contributed by atoms with van der Waals surface area (Å²) in [5.74, 6) is 0.619. The van der Waals surface area contributed by atoms with Crippen LogP contribution in [0.5, 0.6) is 0 Å². The molecule has 0 aliphatic heterocycles.